The molecule has 0 bridgehead atoms. The number of ether oxygens (including phenoxy) is 5. The zero-order valence-corrected chi connectivity index (χ0v) is 33.6. The van der Waals surface area contributed by atoms with E-state index < -0.39 is 22.8 Å². The van der Waals surface area contributed by atoms with Gasteiger partial charge in [-0.25, -0.2) is 0 Å². The zero-order chi connectivity index (χ0) is 40.4. The van der Waals surface area contributed by atoms with E-state index >= 15 is 0 Å². The highest BCUT2D eigenvalue weighted by Gasteiger charge is 2.49. The lowest BCUT2D eigenvalue weighted by Crippen LogP contribution is -2.37. The summed E-state index contributed by atoms with van der Waals surface area (Å²) in [6.07, 6.45) is 5.35. The molecule has 10 rings (SSSR count). The monoisotopic (exact) mass is 802 g/mol. The predicted octanol–water partition coefficient (Wildman–Crippen LogP) is 10.5. The van der Waals surface area contributed by atoms with Crippen LogP contribution in [-0.4, -0.2) is 66.8 Å². The van der Waals surface area contributed by atoms with Crippen LogP contribution in [0.1, 0.15) is 71.9 Å². The van der Waals surface area contributed by atoms with Gasteiger partial charge in [0.2, 0.25) is 0 Å². The van der Waals surface area contributed by atoms with E-state index in [4.69, 9.17) is 23.7 Å². The molecule has 0 unspecified atom stereocenters. The molecule has 10 heteroatoms. The molecule has 3 fully saturated rings. The van der Waals surface area contributed by atoms with Gasteiger partial charge in [-0.1, -0.05) is 62.1 Å². The lowest BCUT2D eigenvalue weighted by molar-refractivity contribution is -0.137. The third kappa shape index (κ3) is 6.24. The van der Waals surface area contributed by atoms with E-state index in [1.54, 1.807) is 20.3 Å². The fourth-order valence-electron chi connectivity index (χ4n) is 10.5. The van der Waals surface area contributed by atoms with Gasteiger partial charge in [-0.15, -0.1) is 0 Å². The maximum Gasteiger partial charge on any atom is 0.416 e. The van der Waals surface area contributed by atoms with E-state index in [1.807, 2.05) is 12.1 Å². The Hall–Kier alpha value is -5.19. The van der Waals surface area contributed by atoms with Crippen LogP contribution in [0.15, 0.2) is 84.9 Å². The molecule has 1 spiro atoms. The highest BCUT2D eigenvalue weighted by molar-refractivity contribution is 6.09. The Kier molecular flexibility index (Phi) is 9.55. The number of benzene rings is 5. The van der Waals surface area contributed by atoms with Crippen LogP contribution < -0.4 is 24.0 Å². The predicted molar refractivity (Wildman–Crippen MR) is 225 cm³/mol. The Morgan fingerprint density at radius 1 is 0.644 bits per heavy atom. The van der Waals surface area contributed by atoms with Crippen LogP contribution in [-0.2, 0) is 26.7 Å². The standard InChI is InChI=1S/C49H49F3N2O5/c1-55-42-30-39-40(31-43(42)56-2)46-38(45-44(39)37-16-11-34(49(50,51)52)29-41(37)47(45)18-5-3-4-6-19-47)17-20-48(59-46,32-7-12-35(13-8-32)53-21-25-57-26-22-53)33-9-14-36(15-10-33)54-23-27-58-28-24-54/h7-17,20,29-31H,3-6,18-19,21-28H2,1-2H3. The summed E-state index contributed by atoms with van der Waals surface area (Å²) in [5.74, 6) is 1.78. The number of methoxy groups -OCH3 is 2. The minimum Gasteiger partial charge on any atom is -0.493 e. The van der Waals surface area contributed by atoms with E-state index in [0.717, 1.165) is 126 Å². The average Bonchev–Trinajstić information content (AvgIpc) is 3.37. The van der Waals surface area contributed by atoms with Crippen molar-refractivity contribution in [3.05, 3.63) is 118 Å². The normalized spacial score (nSPS) is 19.5. The quantitative estimate of drug-likeness (QED) is 0.169. The lowest BCUT2D eigenvalue weighted by Gasteiger charge is -2.40. The Bertz CT molecular complexity index is 2350. The van der Waals surface area contributed by atoms with E-state index in [0.29, 0.717) is 43.7 Å². The van der Waals surface area contributed by atoms with Crippen molar-refractivity contribution in [3.8, 4) is 28.4 Å². The Balaban J connectivity index is 1.22. The van der Waals surface area contributed by atoms with Crippen molar-refractivity contribution in [2.24, 2.45) is 0 Å². The van der Waals surface area contributed by atoms with Crippen molar-refractivity contribution in [1.82, 2.24) is 0 Å². The molecule has 0 amide bonds. The highest BCUT2D eigenvalue weighted by Crippen LogP contribution is 2.63. The summed E-state index contributed by atoms with van der Waals surface area (Å²) in [6.45, 7) is 6.08. The van der Waals surface area contributed by atoms with Crippen molar-refractivity contribution in [2.75, 3.05) is 76.6 Å². The smallest absolute Gasteiger partial charge is 0.416 e. The molecule has 5 aromatic rings. The van der Waals surface area contributed by atoms with Crippen LogP contribution in [0, 0.1) is 0 Å². The third-order valence-electron chi connectivity index (χ3n) is 13.5. The summed E-state index contributed by atoms with van der Waals surface area (Å²) in [5.41, 5.74) is 6.43. The molecule has 306 valence electrons. The van der Waals surface area contributed by atoms with Gasteiger partial charge >= 0.3 is 6.18 Å². The third-order valence-corrected chi connectivity index (χ3v) is 13.5. The van der Waals surface area contributed by atoms with Gasteiger partial charge in [-0.2, -0.15) is 13.2 Å². The molecule has 5 aromatic carbocycles. The van der Waals surface area contributed by atoms with E-state index in [1.165, 1.54) is 12.1 Å². The van der Waals surface area contributed by atoms with Crippen molar-refractivity contribution >= 4 is 28.2 Å². The van der Waals surface area contributed by atoms with Gasteiger partial charge < -0.3 is 33.5 Å². The van der Waals surface area contributed by atoms with Crippen LogP contribution in [0.2, 0.25) is 0 Å². The van der Waals surface area contributed by atoms with Crippen LogP contribution >= 0.6 is 0 Å². The summed E-state index contributed by atoms with van der Waals surface area (Å²) in [4.78, 5) is 4.68. The summed E-state index contributed by atoms with van der Waals surface area (Å²) >= 11 is 0. The molecular weight excluding hydrogens is 754 g/mol. The number of halogens is 3. The van der Waals surface area contributed by atoms with Crippen molar-refractivity contribution < 1.29 is 36.9 Å². The Morgan fingerprint density at radius 3 is 1.71 bits per heavy atom. The minimum absolute atomic E-state index is 0.547. The number of fused-ring (bicyclic) bond motifs is 10. The first kappa shape index (κ1) is 38.0. The van der Waals surface area contributed by atoms with Crippen molar-refractivity contribution in [3.63, 3.8) is 0 Å². The summed E-state index contributed by atoms with van der Waals surface area (Å²) in [5, 5.41) is 1.68. The average molecular weight is 803 g/mol. The molecule has 1 saturated carbocycles. The topological polar surface area (TPSA) is 52.6 Å². The van der Waals surface area contributed by atoms with Gasteiger partial charge in [0, 0.05) is 65.0 Å². The Morgan fingerprint density at radius 2 is 1.19 bits per heavy atom. The van der Waals surface area contributed by atoms with Gasteiger partial charge in [0.15, 0.2) is 17.1 Å². The fraction of sp³-hybridized carbons (Fsp3) is 0.388. The maximum atomic E-state index is 14.5. The molecule has 0 N–H and O–H groups in total. The van der Waals surface area contributed by atoms with Crippen LogP contribution in [0.4, 0.5) is 24.5 Å². The summed E-state index contributed by atoms with van der Waals surface area (Å²) in [6, 6.07) is 25.7. The van der Waals surface area contributed by atoms with Gasteiger partial charge in [0.1, 0.15) is 5.75 Å². The molecule has 3 heterocycles. The molecule has 7 nitrogen and oxygen atoms in total. The molecule has 0 aromatic heterocycles. The first-order valence-electron chi connectivity index (χ1n) is 21.0. The molecular formula is C49H49F3N2O5. The van der Waals surface area contributed by atoms with E-state index in [2.05, 4.69) is 70.5 Å². The van der Waals surface area contributed by atoms with Crippen LogP contribution in [0.5, 0.6) is 17.2 Å². The number of morpholine rings is 2. The first-order valence-corrected chi connectivity index (χ1v) is 21.0. The van der Waals surface area contributed by atoms with Gasteiger partial charge in [0.05, 0.1) is 46.2 Å². The summed E-state index contributed by atoms with van der Waals surface area (Å²) in [7, 11) is 3.24. The molecule has 59 heavy (non-hydrogen) atoms. The summed E-state index contributed by atoms with van der Waals surface area (Å²) < 4.78 is 74.4. The second-order valence-electron chi connectivity index (χ2n) is 16.5. The minimum atomic E-state index is -4.47. The van der Waals surface area contributed by atoms with Gasteiger partial charge in [-0.05, 0) is 95.1 Å². The van der Waals surface area contributed by atoms with Crippen LogP contribution in [0.25, 0.3) is 28.0 Å². The number of hydrogen-bond acceptors (Lipinski definition) is 7. The number of hydrogen-bond donors (Lipinski definition) is 0. The largest absolute Gasteiger partial charge is 0.493 e. The SMILES string of the molecule is COc1cc2c3c(c4c(c2cc1OC)-c1ccc(C(F)(F)F)cc1C41CCCCCC1)C=CC(c1ccc(N2CCOCC2)cc1)(c1ccc(N2CCOCC2)cc1)O3. The molecule has 0 radical (unpaired) electrons. The van der Waals surface area contributed by atoms with E-state index in [9.17, 15) is 13.2 Å². The van der Waals surface area contributed by atoms with Gasteiger partial charge in [-0.3, -0.25) is 0 Å². The van der Waals surface area contributed by atoms with Crippen molar-refractivity contribution in [1.29, 1.82) is 0 Å². The number of anilines is 2. The number of nitrogens with zero attached hydrogens (tertiary/aromatic N) is 2. The zero-order valence-electron chi connectivity index (χ0n) is 33.6. The molecule has 0 atom stereocenters. The lowest BCUT2D eigenvalue weighted by atomic mass is 9.69. The van der Waals surface area contributed by atoms with Crippen molar-refractivity contribution in [2.45, 2.75) is 55.7 Å². The second-order valence-corrected chi connectivity index (χ2v) is 16.5. The van der Waals surface area contributed by atoms with Crippen LogP contribution in [0.3, 0.4) is 0 Å². The second kappa shape index (κ2) is 14.8. The highest BCUT2D eigenvalue weighted by atomic mass is 19.4. The van der Waals surface area contributed by atoms with Gasteiger partial charge in [0.25, 0.3) is 0 Å². The molecule has 3 aliphatic heterocycles. The maximum absolute atomic E-state index is 14.5. The number of alkyl halides is 3. The fourth-order valence-corrected chi connectivity index (χ4v) is 10.5. The first-order chi connectivity index (χ1) is 28.7. The number of rotatable bonds is 6. The van der Waals surface area contributed by atoms with E-state index in [-0.39, 0.29) is 0 Å². The molecule has 2 aliphatic carbocycles. The Labute approximate surface area is 343 Å². The molecule has 2 saturated heterocycles. The molecule has 5 aliphatic rings.